The fourth-order valence-corrected chi connectivity index (χ4v) is 1.65. The first-order chi connectivity index (χ1) is 9.06. The van der Waals surface area contributed by atoms with Crippen LogP contribution < -0.4 is 5.32 Å². The Labute approximate surface area is 113 Å². The van der Waals surface area contributed by atoms with Crippen molar-refractivity contribution < 1.29 is 14.1 Å². The molecule has 0 radical (unpaired) electrons. The van der Waals surface area contributed by atoms with Crippen molar-refractivity contribution in [2.45, 2.75) is 40.0 Å². The van der Waals surface area contributed by atoms with Crippen LogP contribution in [0.25, 0.3) is 0 Å². The first-order valence-electron chi connectivity index (χ1n) is 6.57. The maximum Gasteiger partial charge on any atom is 0.245 e. The van der Waals surface area contributed by atoms with E-state index >= 15 is 0 Å². The van der Waals surface area contributed by atoms with E-state index < -0.39 is 0 Å². The van der Waals surface area contributed by atoms with Crippen molar-refractivity contribution in [1.29, 1.82) is 0 Å². The Bertz CT molecular complexity index is 429. The number of rotatable bonds is 7. The van der Waals surface area contributed by atoms with Gasteiger partial charge in [0.25, 0.3) is 0 Å². The van der Waals surface area contributed by atoms with Crippen molar-refractivity contribution in [2.24, 2.45) is 0 Å². The van der Waals surface area contributed by atoms with E-state index in [-0.39, 0.29) is 18.4 Å². The molecule has 0 fully saturated rings. The number of aryl methyl sites for hydroxylation is 1. The van der Waals surface area contributed by atoms with Gasteiger partial charge in [-0.1, -0.05) is 25.4 Å². The smallest absolute Gasteiger partial charge is 0.245 e. The molecule has 6 nitrogen and oxygen atoms in total. The molecule has 0 spiro atoms. The standard InChI is InChI=1S/C13H21N3O3/c1-4-6-7-16(13(18)5-2)9-12(17)14-11-8-10(3)19-15-11/h8H,4-7,9H2,1-3H3,(H,14,15,17). The highest BCUT2D eigenvalue weighted by Gasteiger charge is 2.16. The van der Waals surface area contributed by atoms with Crippen molar-refractivity contribution in [3.8, 4) is 0 Å². The summed E-state index contributed by atoms with van der Waals surface area (Å²) in [7, 11) is 0. The van der Waals surface area contributed by atoms with E-state index in [1.807, 2.05) is 6.92 Å². The Balaban J connectivity index is 2.52. The van der Waals surface area contributed by atoms with Gasteiger partial charge in [-0.15, -0.1) is 0 Å². The van der Waals surface area contributed by atoms with Crippen LogP contribution in [0.4, 0.5) is 5.82 Å². The molecule has 0 aliphatic carbocycles. The zero-order valence-electron chi connectivity index (χ0n) is 11.7. The SMILES string of the molecule is CCCCN(CC(=O)Nc1cc(C)on1)C(=O)CC. The van der Waals surface area contributed by atoms with Crippen molar-refractivity contribution in [3.63, 3.8) is 0 Å². The molecule has 1 N–H and O–H groups in total. The van der Waals surface area contributed by atoms with Crippen LogP contribution in [0.3, 0.4) is 0 Å². The fraction of sp³-hybridized carbons (Fsp3) is 0.615. The quantitative estimate of drug-likeness (QED) is 0.819. The molecule has 0 bridgehead atoms. The highest BCUT2D eigenvalue weighted by Crippen LogP contribution is 2.07. The fourth-order valence-electron chi connectivity index (χ4n) is 1.65. The van der Waals surface area contributed by atoms with Crippen molar-refractivity contribution in [1.82, 2.24) is 10.1 Å². The molecule has 19 heavy (non-hydrogen) atoms. The average molecular weight is 267 g/mol. The van der Waals surface area contributed by atoms with Crippen LogP contribution in [0.1, 0.15) is 38.9 Å². The lowest BCUT2D eigenvalue weighted by atomic mass is 10.3. The summed E-state index contributed by atoms with van der Waals surface area (Å²) in [6.45, 7) is 6.25. The van der Waals surface area contributed by atoms with Gasteiger partial charge in [0.2, 0.25) is 11.8 Å². The number of nitrogens with zero attached hydrogens (tertiary/aromatic N) is 2. The normalized spacial score (nSPS) is 10.3. The second-order valence-corrected chi connectivity index (χ2v) is 4.39. The van der Waals surface area contributed by atoms with E-state index in [0.717, 1.165) is 12.8 Å². The monoisotopic (exact) mass is 267 g/mol. The van der Waals surface area contributed by atoms with E-state index in [1.165, 1.54) is 0 Å². The highest BCUT2D eigenvalue weighted by molar-refractivity contribution is 5.93. The zero-order valence-corrected chi connectivity index (χ0v) is 11.7. The molecular weight excluding hydrogens is 246 g/mol. The first kappa shape index (κ1) is 15.2. The number of hydrogen-bond donors (Lipinski definition) is 1. The highest BCUT2D eigenvalue weighted by atomic mass is 16.5. The molecule has 0 saturated carbocycles. The minimum atomic E-state index is -0.258. The topological polar surface area (TPSA) is 75.4 Å². The Morgan fingerprint density at radius 1 is 1.42 bits per heavy atom. The molecule has 0 aliphatic heterocycles. The number of hydrogen-bond acceptors (Lipinski definition) is 4. The van der Waals surface area contributed by atoms with Gasteiger partial charge in [0, 0.05) is 19.0 Å². The lowest BCUT2D eigenvalue weighted by molar-refractivity contribution is -0.134. The summed E-state index contributed by atoms with van der Waals surface area (Å²) in [6.07, 6.45) is 2.28. The van der Waals surface area contributed by atoms with Crippen LogP contribution >= 0.6 is 0 Å². The molecule has 1 heterocycles. The van der Waals surface area contributed by atoms with Crippen LogP contribution in [-0.4, -0.2) is 35.0 Å². The molecule has 1 rings (SSSR count). The number of anilines is 1. The molecular formula is C13H21N3O3. The molecule has 0 unspecified atom stereocenters. The van der Waals surface area contributed by atoms with E-state index in [9.17, 15) is 9.59 Å². The van der Waals surface area contributed by atoms with Gasteiger partial charge in [-0.2, -0.15) is 0 Å². The molecule has 2 amide bonds. The van der Waals surface area contributed by atoms with Crippen molar-refractivity contribution in [3.05, 3.63) is 11.8 Å². The second kappa shape index (κ2) is 7.56. The van der Waals surface area contributed by atoms with Gasteiger partial charge in [0.15, 0.2) is 5.82 Å². The number of carbonyl (C=O) groups excluding carboxylic acids is 2. The Morgan fingerprint density at radius 2 is 2.16 bits per heavy atom. The molecule has 0 atom stereocenters. The summed E-state index contributed by atoms with van der Waals surface area (Å²) >= 11 is 0. The van der Waals surface area contributed by atoms with Crippen LogP contribution in [0.2, 0.25) is 0 Å². The molecule has 1 aromatic rings. The summed E-state index contributed by atoms with van der Waals surface area (Å²) in [5.74, 6) is 0.732. The Hall–Kier alpha value is -1.85. The third-order valence-electron chi connectivity index (χ3n) is 2.67. The number of nitrogens with one attached hydrogen (secondary N) is 1. The summed E-state index contributed by atoms with van der Waals surface area (Å²) in [4.78, 5) is 25.1. The Morgan fingerprint density at radius 3 is 2.68 bits per heavy atom. The van der Waals surface area contributed by atoms with Gasteiger partial charge in [-0.25, -0.2) is 0 Å². The largest absolute Gasteiger partial charge is 0.360 e. The summed E-state index contributed by atoms with van der Waals surface area (Å²) < 4.78 is 4.86. The first-order valence-corrected chi connectivity index (χ1v) is 6.57. The van der Waals surface area contributed by atoms with Crippen molar-refractivity contribution in [2.75, 3.05) is 18.4 Å². The maximum absolute atomic E-state index is 11.8. The third kappa shape index (κ3) is 5.11. The van der Waals surface area contributed by atoms with Gasteiger partial charge >= 0.3 is 0 Å². The minimum absolute atomic E-state index is 0.0140. The average Bonchev–Trinajstić information content (AvgIpc) is 2.78. The van der Waals surface area contributed by atoms with Gasteiger partial charge in [0.05, 0.1) is 6.54 Å². The predicted molar refractivity (Wildman–Crippen MR) is 71.6 cm³/mol. The van der Waals surface area contributed by atoms with Crippen LogP contribution in [-0.2, 0) is 9.59 Å². The molecule has 1 aromatic heterocycles. The molecule has 0 aromatic carbocycles. The third-order valence-corrected chi connectivity index (χ3v) is 2.67. The maximum atomic E-state index is 11.8. The van der Waals surface area contributed by atoms with Gasteiger partial charge in [-0.3, -0.25) is 9.59 Å². The number of aromatic nitrogens is 1. The van der Waals surface area contributed by atoms with E-state index in [2.05, 4.69) is 10.5 Å². The number of unbranched alkanes of at least 4 members (excludes halogenated alkanes) is 1. The second-order valence-electron chi connectivity index (χ2n) is 4.39. The number of carbonyl (C=O) groups is 2. The number of amides is 2. The summed E-state index contributed by atoms with van der Waals surface area (Å²) in [5.41, 5.74) is 0. The molecule has 0 saturated heterocycles. The summed E-state index contributed by atoms with van der Waals surface area (Å²) in [6, 6.07) is 1.63. The molecule has 6 heteroatoms. The van der Waals surface area contributed by atoms with E-state index in [4.69, 9.17) is 4.52 Å². The van der Waals surface area contributed by atoms with E-state index in [0.29, 0.717) is 24.5 Å². The zero-order chi connectivity index (χ0) is 14.3. The minimum Gasteiger partial charge on any atom is -0.360 e. The lowest BCUT2D eigenvalue weighted by Crippen LogP contribution is -2.38. The van der Waals surface area contributed by atoms with Crippen LogP contribution in [0.15, 0.2) is 10.6 Å². The molecule has 106 valence electrons. The van der Waals surface area contributed by atoms with Crippen molar-refractivity contribution >= 4 is 17.6 Å². The Kier molecular flexibility index (Phi) is 6.05. The van der Waals surface area contributed by atoms with Gasteiger partial charge in [0.1, 0.15) is 5.76 Å². The van der Waals surface area contributed by atoms with E-state index in [1.54, 1.807) is 24.8 Å². The molecule has 0 aliphatic rings. The van der Waals surface area contributed by atoms with Gasteiger partial charge < -0.3 is 14.7 Å². The predicted octanol–water partition coefficient (Wildman–Crippen LogP) is 1.96. The van der Waals surface area contributed by atoms with Crippen LogP contribution in [0.5, 0.6) is 0 Å². The summed E-state index contributed by atoms with van der Waals surface area (Å²) in [5, 5.41) is 6.29. The van der Waals surface area contributed by atoms with Gasteiger partial charge in [-0.05, 0) is 13.3 Å². The van der Waals surface area contributed by atoms with Crippen LogP contribution in [0, 0.1) is 6.92 Å². The lowest BCUT2D eigenvalue weighted by Gasteiger charge is -2.21.